The summed E-state index contributed by atoms with van der Waals surface area (Å²) in [7, 11) is -0.743. The Kier molecular flexibility index (Phi) is 6.54. The van der Waals surface area contributed by atoms with Gasteiger partial charge in [-0.1, -0.05) is 42.0 Å². The number of anilines is 2. The number of ether oxygens (including phenoxy) is 1. The SMILES string of the molecule is COCc1ccccc1NC(=O)c1cccc(S(=O)(=O)N(C)c2ccc(C)cc2)c1. The van der Waals surface area contributed by atoms with Crippen LogP contribution in [0.3, 0.4) is 0 Å². The quantitative estimate of drug-likeness (QED) is 0.616. The van der Waals surface area contributed by atoms with E-state index in [0.717, 1.165) is 11.1 Å². The van der Waals surface area contributed by atoms with Crippen molar-refractivity contribution in [2.45, 2.75) is 18.4 Å². The van der Waals surface area contributed by atoms with Crippen LogP contribution in [0.1, 0.15) is 21.5 Å². The molecule has 3 aromatic carbocycles. The highest BCUT2D eigenvalue weighted by Crippen LogP contribution is 2.24. The molecule has 156 valence electrons. The van der Waals surface area contributed by atoms with Crippen LogP contribution in [0.5, 0.6) is 0 Å². The van der Waals surface area contributed by atoms with Gasteiger partial charge in [-0.3, -0.25) is 9.10 Å². The summed E-state index contributed by atoms with van der Waals surface area (Å²) in [6.07, 6.45) is 0. The number of nitrogens with one attached hydrogen (secondary N) is 1. The predicted molar refractivity (Wildman–Crippen MR) is 118 cm³/mol. The summed E-state index contributed by atoms with van der Waals surface area (Å²) in [4.78, 5) is 12.8. The Bertz CT molecular complexity index is 1140. The van der Waals surface area contributed by atoms with Crippen molar-refractivity contribution in [3.63, 3.8) is 0 Å². The zero-order valence-electron chi connectivity index (χ0n) is 17.1. The average molecular weight is 425 g/mol. The van der Waals surface area contributed by atoms with Crippen LogP contribution in [0.25, 0.3) is 0 Å². The Morgan fingerprint density at radius 2 is 1.70 bits per heavy atom. The van der Waals surface area contributed by atoms with Gasteiger partial charge < -0.3 is 10.1 Å². The molecule has 1 amide bonds. The molecule has 0 aliphatic heterocycles. The normalized spacial score (nSPS) is 11.2. The number of rotatable bonds is 7. The number of sulfonamides is 1. The first kappa shape index (κ1) is 21.5. The van der Waals surface area contributed by atoms with Gasteiger partial charge in [-0.15, -0.1) is 0 Å². The molecule has 30 heavy (non-hydrogen) atoms. The molecule has 0 bridgehead atoms. The highest BCUT2D eigenvalue weighted by molar-refractivity contribution is 7.92. The molecular formula is C23H24N2O4S. The number of nitrogens with zero attached hydrogens (tertiary/aromatic N) is 1. The molecule has 1 N–H and O–H groups in total. The Morgan fingerprint density at radius 1 is 1.00 bits per heavy atom. The summed E-state index contributed by atoms with van der Waals surface area (Å²) in [5.74, 6) is -0.395. The number of carbonyl (C=O) groups excluding carboxylic acids is 1. The first-order valence-corrected chi connectivity index (χ1v) is 10.8. The summed E-state index contributed by atoms with van der Waals surface area (Å²) < 4.78 is 32.5. The van der Waals surface area contributed by atoms with Gasteiger partial charge in [-0.2, -0.15) is 0 Å². The maximum absolute atomic E-state index is 13.1. The molecule has 0 saturated heterocycles. The van der Waals surface area contributed by atoms with Gasteiger partial charge in [0.25, 0.3) is 15.9 Å². The number of methoxy groups -OCH3 is 1. The van der Waals surface area contributed by atoms with Crippen LogP contribution < -0.4 is 9.62 Å². The molecule has 0 unspecified atom stereocenters. The first-order chi connectivity index (χ1) is 14.3. The topological polar surface area (TPSA) is 75.7 Å². The van der Waals surface area contributed by atoms with Crippen molar-refractivity contribution < 1.29 is 17.9 Å². The van der Waals surface area contributed by atoms with E-state index in [9.17, 15) is 13.2 Å². The molecule has 3 rings (SSSR count). The number of carbonyl (C=O) groups is 1. The standard InChI is InChI=1S/C23H24N2O4S/c1-17-11-13-20(14-12-17)25(2)30(27,28)21-9-6-8-18(15-21)23(26)24-22-10-5-4-7-19(22)16-29-3/h4-15H,16H2,1-3H3,(H,24,26). The van der Waals surface area contributed by atoms with Gasteiger partial charge in [0.05, 0.1) is 17.2 Å². The fourth-order valence-electron chi connectivity index (χ4n) is 2.97. The lowest BCUT2D eigenvalue weighted by Crippen LogP contribution is -2.27. The molecule has 0 saturated carbocycles. The van der Waals surface area contributed by atoms with Gasteiger partial charge >= 0.3 is 0 Å². The summed E-state index contributed by atoms with van der Waals surface area (Å²) in [6.45, 7) is 2.29. The summed E-state index contributed by atoms with van der Waals surface area (Å²) in [5, 5.41) is 2.83. The zero-order chi connectivity index (χ0) is 21.7. The van der Waals surface area contributed by atoms with E-state index in [4.69, 9.17) is 4.74 Å². The van der Waals surface area contributed by atoms with E-state index in [1.54, 1.807) is 37.4 Å². The van der Waals surface area contributed by atoms with Gasteiger partial charge in [-0.25, -0.2) is 8.42 Å². The second-order valence-electron chi connectivity index (χ2n) is 6.88. The molecule has 0 atom stereocenters. The predicted octanol–water partition coefficient (Wildman–Crippen LogP) is 4.22. The summed E-state index contributed by atoms with van der Waals surface area (Å²) >= 11 is 0. The van der Waals surface area contributed by atoms with Crippen LogP contribution >= 0.6 is 0 Å². The zero-order valence-corrected chi connectivity index (χ0v) is 17.9. The Hall–Kier alpha value is -3.16. The van der Waals surface area contributed by atoms with E-state index >= 15 is 0 Å². The lowest BCUT2D eigenvalue weighted by Gasteiger charge is -2.20. The molecule has 0 spiro atoms. The Morgan fingerprint density at radius 3 is 2.40 bits per heavy atom. The first-order valence-electron chi connectivity index (χ1n) is 9.37. The van der Waals surface area contributed by atoms with Gasteiger partial charge in [-0.05, 0) is 43.3 Å². The molecule has 0 radical (unpaired) electrons. The molecule has 0 heterocycles. The van der Waals surface area contributed by atoms with Gasteiger partial charge in [0.1, 0.15) is 0 Å². The number of amides is 1. The van der Waals surface area contributed by atoms with Crippen molar-refractivity contribution in [3.8, 4) is 0 Å². The molecule has 6 nitrogen and oxygen atoms in total. The lowest BCUT2D eigenvalue weighted by molar-refractivity contribution is 0.102. The highest BCUT2D eigenvalue weighted by atomic mass is 32.2. The third kappa shape index (κ3) is 4.69. The fraction of sp³-hybridized carbons (Fsp3) is 0.174. The lowest BCUT2D eigenvalue weighted by atomic mass is 10.1. The minimum Gasteiger partial charge on any atom is -0.380 e. The number of benzene rings is 3. The second-order valence-corrected chi connectivity index (χ2v) is 8.85. The van der Waals surface area contributed by atoms with Crippen LogP contribution in [0, 0.1) is 6.92 Å². The van der Waals surface area contributed by atoms with Gasteiger partial charge in [0, 0.05) is 31.0 Å². The van der Waals surface area contributed by atoms with E-state index < -0.39 is 15.9 Å². The van der Waals surface area contributed by atoms with Crippen molar-refractivity contribution in [2.24, 2.45) is 0 Å². The van der Waals surface area contributed by atoms with Crippen molar-refractivity contribution in [1.29, 1.82) is 0 Å². The van der Waals surface area contributed by atoms with E-state index in [1.807, 2.05) is 37.3 Å². The van der Waals surface area contributed by atoms with E-state index in [-0.39, 0.29) is 10.5 Å². The van der Waals surface area contributed by atoms with Crippen molar-refractivity contribution in [1.82, 2.24) is 0 Å². The van der Waals surface area contributed by atoms with Crippen LogP contribution in [0.4, 0.5) is 11.4 Å². The van der Waals surface area contributed by atoms with Crippen LogP contribution in [0.15, 0.2) is 77.7 Å². The number of para-hydroxylation sites is 1. The number of hydrogen-bond donors (Lipinski definition) is 1. The highest BCUT2D eigenvalue weighted by Gasteiger charge is 2.22. The van der Waals surface area contributed by atoms with Crippen LogP contribution in [0.2, 0.25) is 0 Å². The maximum atomic E-state index is 13.1. The monoisotopic (exact) mass is 424 g/mol. The second kappa shape index (κ2) is 9.11. The molecule has 0 fully saturated rings. The molecule has 0 aliphatic carbocycles. The molecule has 7 heteroatoms. The average Bonchev–Trinajstić information content (AvgIpc) is 2.75. The largest absolute Gasteiger partial charge is 0.380 e. The smallest absolute Gasteiger partial charge is 0.264 e. The number of aryl methyl sites for hydroxylation is 1. The van der Waals surface area contributed by atoms with E-state index in [2.05, 4.69) is 5.32 Å². The fourth-order valence-corrected chi connectivity index (χ4v) is 4.21. The third-order valence-corrected chi connectivity index (χ3v) is 6.50. The Labute approximate surface area is 177 Å². The van der Waals surface area contributed by atoms with Crippen molar-refractivity contribution in [2.75, 3.05) is 23.8 Å². The summed E-state index contributed by atoms with van der Waals surface area (Å²) in [6, 6.07) is 20.5. The van der Waals surface area contributed by atoms with Gasteiger partial charge in [0.2, 0.25) is 0 Å². The molecule has 0 aromatic heterocycles. The van der Waals surface area contributed by atoms with E-state index in [1.165, 1.54) is 23.5 Å². The Balaban J connectivity index is 1.86. The third-order valence-electron chi connectivity index (χ3n) is 4.72. The van der Waals surface area contributed by atoms with Crippen LogP contribution in [-0.4, -0.2) is 28.5 Å². The van der Waals surface area contributed by atoms with Crippen molar-refractivity contribution in [3.05, 3.63) is 89.5 Å². The van der Waals surface area contributed by atoms with Crippen molar-refractivity contribution >= 4 is 27.3 Å². The minimum absolute atomic E-state index is 0.0448. The minimum atomic E-state index is -3.82. The number of hydrogen-bond acceptors (Lipinski definition) is 4. The molecule has 0 aliphatic rings. The maximum Gasteiger partial charge on any atom is 0.264 e. The van der Waals surface area contributed by atoms with E-state index in [0.29, 0.717) is 18.0 Å². The molecule has 3 aromatic rings. The molecular weight excluding hydrogens is 400 g/mol. The van der Waals surface area contributed by atoms with Crippen LogP contribution in [-0.2, 0) is 21.4 Å². The summed E-state index contributed by atoms with van der Waals surface area (Å²) in [5.41, 5.74) is 3.28. The van der Waals surface area contributed by atoms with Gasteiger partial charge in [0.15, 0.2) is 0 Å².